The van der Waals surface area contributed by atoms with Gasteiger partial charge in [-0.1, -0.05) is 24.3 Å². The number of likely N-dealkylation sites (tertiary alicyclic amines) is 1. The Morgan fingerprint density at radius 2 is 1.85 bits per heavy atom. The van der Waals surface area contributed by atoms with Gasteiger partial charge in [-0.2, -0.15) is 13.2 Å². The van der Waals surface area contributed by atoms with Crippen molar-refractivity contribution in [1.29, 1.82) is 0 Å². The van der Waals surface area contributed by atoms with Gasteiger partial charge in [-0.3, -0.25) is 4.90 Å². The molecule has 3 rings (SSSR count). The van der Waals surface area contributed by atoms with Gasteiger partial charge in [0.15, 0.2) is 0 Å². The number of carboxylic acids is 1. The molecular formula is C19H18F3NO3. The van der Waals surface area contributed by atoms with Crippen molar-refractivity contribution in [3.8, 4) is 0 Å². The first-order valence-electron chi connectivity index (χ1n) is 8.15. The van der Waals surface area contributed by atoms with Gasteiger partial charge in [0.2, 0.25) is 0 Å². The maximum Gasteiger partial charge on any atom is 0.416 e. The quantitative estimate of drug-likeness (QED) is 0.867. The summed E-state index contributed by atoms with van der Waals surface area (Å²) >= 11 is 0. The number of rotatable bonds is 4. The number of hydrogen-bond acceptors (Lipinski definition) is 3. The number of β-amino-alcohol motifs (C(OH)–C–C–N with tert-alkyl or cyclic N) is 1. The van der Waals surface area contributed by atoms with Crippen LogP contribution in [-0.4, -0.2) is 33.7 Å². The van der Waals surface area contributed by atoms with Gasteiger partial charge in [0.05, 0.1) is 17.2 Å². The van der Waals surface area contributed by atoms with Crippen LogP contribution in [0.5, 0.6) is 0 Å². The molecule has 138 valence electrons. The second kappa shape index (κ2) is 7.09. The Labute approximate surface area is 148 Å². The first-order chi connectivity index (χ1) is 12.2. The molecule has 2 aromatic carbocycles. The van der Waals surface area contributed by atoms with Gasteiger partial charge < -0.3 is 10.2 Å². The summed E-state index contributed by atoms with van der Waals surface area (Å²) in [5, 5.41) is 19.1. The van der Waals surface area contributed by atoms with Crippen molar-refractivity contribution in [3.05, 3.63) is 70.8 Å². The Balaban J connectivity index is 1.80. The Kier molecular flexibility index (Phi) is 5.02. The van der Waals surface area contributed by atoms with Gasteiger partial charge in [0.25, 0.3) is 0 Å². The van der Waals surface area contributed by atoms with Gasteiger partial charge in [0, 0.05) is 19.1 Å². The van der Waals surface area contributed by atoms with E-state index in [0.717, 1.165) is 17.7 Å². The van der Waals surface area contributed by atoms with Crippen LogP contribution in [0, 0.1) is 0 Å². The molecule has 2 unspecified atom stereocenters. The Morgan fingerprint density at radius 3 is 2.46 bits per heavy atom. The monoisotopic (exact) mass is 365 g/mol. The summed E-state index contributed by atoms with van der Waals surface area (Å²) in [5.41, 5.74) is 0.939. The fraction of sp³-hybridized carbons (Fsp3) is 0.316. The van der Waals surface area contributed by atoms with E-state index in [1.165, 1.54) is 18.2 Å². The Hall–Kier alpha value is -2.38. The van der Waals surface area contributed by atoms with Crippen molar-refractivity contribution in [2.45, 2.75) is 31.3 Å². The zero-order valence-corrected chi connectivity index (χ0v) is 13.8. The van der Waals surface area contributed by atoms with Crippen LogP contribution >= 0.6 is 0 Å². The largest absolute Gasteiger partial charge is 0.478 e. The lowest BCUT2D eigenvalue weighted by molar-refractivity contribution is -0.137. The fourth-order valence-corrected chi connectivity index (χ4v) is 3.33. The molecule has 1 fully saturated rings. The average Bonchev–Trinajstić information content (AvgIpc) is 2.94. The van der Waals surface area contributed by atoms with Crippen molar-refractivity contribution in [1.82, 2.24) is 4.90 Å². The van der Waals surface area contributed by atoms with Crippen LogP contribution < -0.4 is 0 Å². The molecule has 7 heteroatoms. The number of hydrogen-bond donors (Lipinski definition) is 2. The van der Waals surface area contributed by atoms with E-state index in [4.69, 9.17) is 5.11 Å². The molecule has 0 bridgehead atoms. The first kappa shape index (κ1) is 18.4. The number of halogens is 3. The van der Waals surface area contributed by atoms with Crippen LogP contribution in [0.1, 0.15) is 39.5 Å². The van der Waals surface area contributed by atoms with E-state index in [1.807, 2.05) is 4.90 Å². The molecule has 0 radical (unpaired) electrons. The molecule has 2 atom stereocenters. The normalized spacial score (nSPS) is 21.1. The molecule has 0 aliphatic carbocycles. The number of aliphatic hydroxyl groups is 1. The lowest BCUT2D eigenvalue weighted by atomic mass is 10.0. The van der Waals surface area contributed by atoms with Gasteiger partial charge in [-0.25, -0.2) is 4.79 Å². The van der Waals surface area contributed by atoms with E-state index in [-0.39, 0.29) is 11.6 Å². The van der Waals surface area contributed by atoms with Crippen molar-refractivity contribution >= 4 is 5.97 Å². The van der Waals surface area contributed by atoms with Crippen LogP contribution in [-0.2, 0) is 12.7 Å². The smallest absolute Gasteiger partial charge is 0.416 e. The summed E-state index contributed by atoms with van der Waals surface area (Å²) in [7, 11) is 0. The van der Waals surface area contributed by atoms with Gasteiger partial charge in [-0.05, 0) is 41.8 Å². The third-order valence-corrected chi connectivity index (χ3v) is 4.56. The van der Waals surface area contributed by atoms with Crippen molar-refractivity contribution in [3.63, 3.8) is 0 Å². The minimum atomic E-state index is -4.38. The highest BCUT2D eigenvalue weighted by molar-refractivity contribution is 5.87. The zero-order chi connectivity index (χ0) is 18.9. The van der Waals surface area contributed by atoms with E-state index >= 15 is 0 Å². The fourth-order valence-electron chi connectivity index (χ4n) is 3.33. The third kappa shape index (κ3) is 4.05. The molecule has 1 aliphatic rings. The van der Waals surface area contributed by atoms with Crippen LogP contribution in [0.25, 0.3) is 0 Å². The highest BCUT2D eigenvalue weighted by Crippen LogP contribution is 2.35. The lowest BCUT2D eigenvalue weighted by Crippen LogP contribution is -2.24. The predicted octanol–water partition coefficient (Wildman–Crippen LogP) is 3.71. The van der Waals surface area contributed by atoms with E-state index in [9.17, 15) is 23.1 Å². The Bertz CT molecular complexity index is 789. The second-order valence-corrected chi connectivity index (χ2v) is 6.46. The molecule has 1 saturated heterocycles. The molecule has 0 spiro atoms. The van der Waals surface area contributed by atoms with Crippen molar-refractivity contribution < 1.29 is 28.2 Å². The standard InChI is InChI=1S/C19H18F3NO3/c20-19(21,22)15-6-4-13(5-7-15)17-9-16(24)11-23(17)10-12-2-1-3-14(8-12)18(25)26/h1-8,16-17,24H,9-11H2,(H,25,26). The third-order valence-electron chi connectivity index (χ3n) is 4.56. The predicted molar refractivity (Wildman–Crippen MR) is 88.6 cm³/mol. The molecule has 2 N–H and O–H groups in total. The van der Waals surface area contributed by atoms with Crippen molar-refractivity contribution in [2.75, 3.05) is 6.54 Å². The number of aliphatic hydroxyl groups excluding tert-OH is 1. The topological polar surface area (TPSA) is 60.8 Å². The van der Waals surface area contributed by atoms with Crippen LogP contribution in [0.15, 0.2) is 48.5 Å². The van der Waals surface area contributed by atoms with E-state index in [2.05, 4.69) is 0 Å². The SMILES string of the molecule is O=C(O)c1cccc(CN2CC(O)CC2c2ccc(C(F)(F)F)cc2)c1. The number of nitrogens with zero attached hydrogens (tertiary/aromatic N) is 1. The highest BCUT2D eigenvalue weighted by Gasteiger charge is 2.34. The molecule has 26 heavy (non-hydrogen) atoms. The first-order valence-corrected chi connectivity index (χ1v) is 8.15. The van der Waals surface area contributed by atoms with Gasteiger partial charge >= 0.3 is 12.1 Å². The molecular weight excluding hydrogens is 347 g/mol. The molecule has 1 aliphatic heterocycles. The van der Waals surface area contributed by atoms with E-state index < -0.39 is 23.8 Å². The minimum absolute atomic E-state index is 0.174. The number of carbonyl (C=O) groups is 1. The van der Waals surface area contributed by atoms with E-state index in [0.29, 0.717) is 25.1 Å². The van der Waals surface area contributed by atoms with Crippen LogP contribution in [0.3, 0.4) is 0 Å². The summed E-state index contributed by atoms with van der Waals surface area (Å²) in [6, 6.07) is 11.2. The number of aromatic carboxylic acids is 1. The van der Waals surface area contributed by atoms with E-state index in [1.54, 1.807) is 18.2 Å². The summed E-state index contributed by atoms with van der Waals surface area (Å²) in [6.07, 6.45) is -4.54. The molecule has 2 aromatic rings. The second-order valence-electron chi connectivity index (χ2n) is 6.46. The Morgan fingerprint density at radius 1 is 1.15 bits per heavy atom. The zero-order valence-electron chi connectivity index (χ0n) is 13.8. The molecule has 4 nitrogen and oxygen atoms in total. The summed E-state index contributed by atoms with van der Waals surface area (Å²) in [4.78, 5) is 13.0. The maximum atomic E-state index is 12.7. The molecule has 0 amide bonds. The van der Waals surface area contributed by atoms with Gasteiger partial charge in [-0.15, -0.1) is 0 Å². The molecule has 0 aromatic heterocycles. The lowest BCUT2D eigenvalue weighted by Gasteiger charge is -2.25. The summed E-state index contributed by atoms with van der Waals surface area (Å²) in [6.45, 7) is 0.785. The molecule has 0 saturated carbocycles. The number of alkyl halides is 3. The van der Waals surface area contributed by atoms with Gasteiger partial charge in [0.1, 0.15) is 0 Å². The molecule has 1 heterocycles. The average molecular weight is 365 g/mol. The van der Waals surface area contributed by atoms with Crippen LogP contribution in [0.4, 0.5) is 13.2 Å². The van der Waals surface area contributed by atoms with Crippen LogP contribution in [0.2, 0.25) is 0 Å². The summed E-state index contributed by atoms with van der Waals surface area (Å²) in [5.74, 6) is -1.02. The maximum absolute atomic E-state index is 12.7. The summed E-state index contributed by atoms with van der Waals surface area (Å²) < 4.78 is 38.2. The van der Waals surface area contributed by atoms with Crippen molar-refractivity contribution in [2.24, 2.45) is 0 Å². The number of benzene rings is 2. The highest BCUT2D eigenvalue weighted by atomic mass is 19.4. The number of carboxylic acid groups (broad SMARTS) is 1. The minimum Gasteiger partial charge on any atom is -0.478 e.